The summed E-state index contributed by atoms with van der Waals surface area (Å²) in [5.74, 6) is 1.23. The number of rotatable bonds is 8. The summed E-state index contributed by atoms with van der Waals surface area (Å²) in [6, 6.07) is 3.71. The van der Waals surface area contributed by atoms with E-state index in [2.05, 4.69) is 24.1 Å². The van der Waals surface area contributed by atoms with Crippen LogP contribution in [0.5, 0.6) is 5.75 Å². The van der Waals surface area contributed by atoms with Crippen molar-refractivity contribution in [3.05, 3.63) is 23.5 Å². The molecule has 0 aliphatic heterocycles. The third kappa shape index (κ3) is 6.86. The minimum Gasteiger partial charge on any atom is -0.491 e. The van der Waals surface area contributed by atoms with Crippen molar-refractivity contribution in [2.24, 2.45) is 5.92 Å². The standard InChI is InChI=1S/C14H24N2O3S/c1-11(2)9-15-10-13-14(6-5-12(3)16-13)19-7-8-20(4,17)18/h5-6,11,15H,7-10H2,1-4H3. The Morgan fingerprint density at radius 3 is 2.65 bits per heavy atom. The Morgan fingerprint density at radius 1 is 1.35 bits per heavy atom. The zero-order chi connectivity index (χ0) is 15.2. The van der Waals surface area contributed by atoms with E-state index in [9.17, 15) is 8.42 Å². The second kappa shape index (κ2) is 7.59. The Morgan fingerprint density at radius 2 is 2.05 bits per heavy atom. The van der Waals surface area contributed by atoms with Gasteiger partial charge in [0.25, 0.3) is 0 Å². The topological polar surface area (TPSA) is 68.3 Å². The minimum absolute atomic E-state index is 0.0136. The lowest BCUT2D eigenvalue weighted by atomic mass is 10.2. The molecule has 0 spiro atoms. The van der Waals surface area contributed by atoms with Gasteiger partial charge in [0.15, 0.2) is 9.84 Å². The van der Waals surface area contributed by atoms with E-state index in [1.54, 1.807) is 0 Å². The summed E-state index contributed by atoms with van der Waals surface area (Å²) in [5, 5.41) is 3.31. The minimum atomic E-state index is -3.00. The number of pyridine rings is 1. The Labute approximate surface area is 121 Å². The van der Waals surface area contributed by atoms with Gasteiger partial charge in [0.2, 0.25) is 0 Å². The highest BCUT2D eigenvalue weighted by atomic mass is 32.2. The molecule has 0 aromatic carbocycles. The zero-order valence-corrected chi connectivity index (χ0v) is 13.5. The highest BCUT2D eigenvalue weighted by molar-refractivity contribution is 7.90. The van der Waals surface area contributed by atoms with Gasteiger partial charge in [-0.1, -0.05) is 13.8 Å². The van der Waals surface area contributed by atoms with Gasteiger partial charge in [0.05, 0.1) is 11.4 Å². The van der Waals surface area contributed by atoms with Crippen molar-refractivity contribution < 1.29 is 13.2 Å². The van der Waals surface area contributed by atoms with E-state index in [1.807, 2.05) is 19.1 Å². The summed E-state index contributed by atoms with van der Waals surface area (Å²) in [7, 11) is -3.00. The lowest BCUT2D eigenvalue weighted by Gasteiger charge is -2.13. The average molecular weight is 300 g/mol. The fourth-order valence-electron chi connectivity index (χ4n) is 1.64. The van der Waals surface area contributed by atoms with E-state index in [4.69, 9.17) is 4.74 Å². The van der Waals surface area contributed by atoms with Crippen LogP contribution in [0.25, 0.3) is 0 Å². The van der Waals surface area contributed by atoms with Crippen molar-refractivity contribution >= 4 is 9.84 Å². The van der Waals surface area contributed by atoms with Gasteiger partial charge in [-0.3, -0.25) is 4.98 Å². The smallest absolute Gasteiger partial charge is 0.150 e. The first-order chi connectivity index (χ1) is 9.28. The normalized spacial score (nSPS) is 11.8. The van der Waals surface area contributed by atoms with E-state index in [1.165, 1.54) is 6.26 Å². The molecule has 0 radical (unpaired) electrons. The van der Waals surface area contributed by atoms with Gasteiger partial charge >= 0.3 is 0 Å². The molecule has 1 heterocycles. The maximum absolute atomic E-state index is 11.1. The van der Waals surface area contributed by atoms with Gasteiger partial charge in [-0.2, -0.15) is 0 Å². The first kappa shape index (κ1) is 16.9. The van der Waals surface area contributed by atoms with Crippen LogP contribution in [0.4, 0.5) is 0 Å². The number of aromatic nitrogens is 1. The molecule has 1 aromatic heterocycles. The van der Waals surface area contributed by atoms with E-state index in [-0.39, 0.29) is 12.4 Å². The lowest BCUT2D eigenvalue weighted by molar-refractivity contribution is 0.333. The molecule has 0 fully saturated rings. The Bertz CT molecular complexity index is 527. The predicted molar refractivity (Wildman–Crippen MR) is 80.7 cm³/mol. The Kier molecular flexibility index (Phi) is 6.42. The molecule has 0 aliphatic rings. The van der Waals surface area contributed by atoms with Gasteiger partial charge in [-0.25, -0.2) is 8.42 Å². The molecule has 0 saturated heterocycles. The van der Waals surface area contributed by atoms with Crippen LogP contribution in [-0.2, 0) is 16.4 Å². The monoisotopic (exact) mass is 300 g/mol. The molecule has 1 rings (SSSR count). The molecule has 0 bridgehead atoms. The van der Waals surface area contributed by atoms with Crippen LogP contribution in [0.3, 0.4) is 0 Å². The van der Waals surface area contributed by atoms with Crippen LogP contribution in [0, 0.1) is 12.8 Å². The van der Waals surface area contributed by atoms with Crippen LogP contribution in [0.1, 0.15) is 25.2 Å². The van der Waals surface area contributed by atoms with E-state index < -0.39 is 9.84 Å². The molecule has 0 unspecified atom stereocenters. The molecule has 6 heteroatoms. The third-order valence-corrected chi connectivity index (χ3v) is 3.54. The van der Waals surface area contributed by atoms with Crippen LogP contribution in [0.2, 0.25) is 0 Å². The largest absolute Gasteiger partial charge is 0.491 e. The molecule has 1 N–H and O–H groups in total. The molecule has 0 atom stereocenters. The summed E-state index contributed by atoms with van der Waals surface area (Å²) in [6.45, 7) is 7.87. The fraction of sp³-hybridized carbons (Fsp3) is 0.643. The summed E-state index contributed by atoms with van der Waals surface area (Å²) in [4.78, 5) is 4.45. The predicted octanol–water partition coefficient (Wildman–Crippen LogP) is 1.56. The molecule has 0 aliphatic carbocycles. The van der Waals surface area contributed by atoms with Gasteiger partial charge in [-0.05, 0) is 31.5 Å². The zero-order valence-electron chi connectivity index (χ0n) is 12.6. The summed E-state index contributed by atoms with van der Waals surface area (Å²) in [6.07, 6.45) is 1.20. The molecule has 1 aromatic rings. The van der Waals surface area contributed by atoms with Crippen LogP contribution in [-0.4, -0.2) is 38.6 Å². The van der Waals surface area contributed by atoms with Crippen molar-refractivity contribution in [1.82, 2.24) is 10.3 Å². The quantitative estimate of drug-likeness (QED) is 0.789. The van der Waals surface area contributed by atoms with Gasteiger partial charge in [0.1, 0.15) is 12.4 Å². The van der Waals surface area contributed by atoms with Crippen LogP contribution >= 0.6 is 0 Å². The molecule has 20 heavy (non-hydrogen) atoms. The maximum Gasteiger partial charge on any atom is 0.150 e. The summed E-state index contributed by atoms with van der Waals surface area (Å²) < 4.78 is 27.7. The van der Waals surface area contributed by atoms with Gasteiger partial charge < -0.3 is 10.1 Å². The van der Waals surface area contributed by atoms with E-state index >= 15 is 0 Å². The second-order valence-corrected chi connectivity index (χ2v) is 7.66. The van der Waals surface area contributed by atoms with E-state index in [0.717, 1.165) is 17.9 Å². The van der Waals surface area contributed by atoms with Crippen molar-refractivity contribution in [2.75, 3.05) is 25.2 Å². The van der Waals surface area contributed by atoms with Crippen molar-refractivity contribution in [2.45, 2.75) is 27.3 Å². The second-order valence-electron chi connectivity index (χ2n) is 5.40. The van der Waals surface area contributed by atoms with E-state index in [0.29, 0.717) is 18.2 Å². The summed E-state index contributed by atoms with van der Waals surface area (Å²) >= 11 is 0. The SMILES string of the molecule is Cc1ccc(OCCS(C)(=O)=O)c(CNCC(C)C)n1. The lowest BCUT2D eigenvalue weighted by Crippen LogP contribution is -2.21. The first-order valence-corrected chi connectivity index (χ1v) is 8.82. The third-order valence-electron chi connectivity index (χ3n) is 2.63. The van der Waals surface area contributed by atoms with Crippen molar-refractivity contribution in [1.29, 1.82) is 0 Å². The number of sulfone groups is 1. The first-order valence-electron chi connectivity index (χ1n) is 6.75. The number of nitrogens with one attached hydrogen (secondary N) is 1. The molecule has 5 nitrogen and oxygen atoms in total. The van der Waals surface area contributed by atoms with Crippen LogP contribution < -0.4 is 10.1 Å². The maximum atomic E-state index is 11.1. The van der Waals surface area contributed by atoms with Crippen LogP contribution in [0.15, 0.2) is 12.1 Å². The molecule has 0 saturated carbocycles. The average Bonchev–Trinajstić information content (AvgIpc) is 2.30. The van der Waals surface area contributed by atoms with Gasteiger partial charge in [-0.15, -0.1) is 0 Å². The number of hydrogen-bond acceptors (Lipinski definition) is 5. The molecular formula is C14H24N2O3S. The molecular weight excluding hydrogens is 276 g/mol. The number of nitrogens with zero attached hydrogens (tertiary/aromatic N) is 1. The van der Waals surface area contributed by atoms with Crippen molar-refractivity contribution in [3.8, 4) is 5.75 Å². The Hall–Kier alpha value is -1.14. The summed E-state index contributed by atoms with van der Waals surface area (Å²) in [5.41, 5.74) is 1.74. The highest BCUT2D eigenvalue weighted by Crippen LogP contribution is 2.17. The molecule has 0 amide bonds. The fourth-order valence-corrected chi connectivity index (χ4v) is 2.02. The number of aryl methyl sites for hydroxylation is 1. The molecule has 114 valence electrons. The van der Waals surface area contributed by atoms with Crippen molar-refractivity contribution in [3.63, 3.8) is 0 Å². The highest BCUT2D eigenvalue weighted by Gasteiger charge is 2.08. The Balaban J connectivity index is 2.64. The number of ether oxygens (including phenoxy) is 1. The number of hydrogen-bond donors (Lipinski definition) is 1. The van der Waals surface area contributed by atoms with Gasteiger partial charge in [0, 0.05) is 18.5 Å².